The first-order chi connectivity index (χ1) is 11.7. The van der Waals surface area contributed by atoms with Gasteiger partial charge in [-0.25, -0.2) is 4.79 Å². The van der Waals surface area contributed by atoms with E-state index < -0.39 is 0 Å². The van der Waals surface area contributed by atoms with Crippen molar-refractivity contribution < 1.29 is 18.7 Å². The molecule has 0 fully saturated rings. The average Bonchev–Trinajstić information content (AvgIpc) is 3.10. The Morgan fingerprint density at radius 2 is 2.00 bits per heavy atom. The van der Waals surface area contributed by atoms with E-state index in [9.17, 15) is 4.79 Å². The number of amides is 2. The molecular weight excluding hydrogens is 308 g/mol. The number of ether oxygens (including phenoxy) is 2. The molecule has 0 atom stereocenters. The van der Waals surface area contributed by atoms with E-state index in [-0.39, 0.29) is 6.03 Å². The van der Waals surface area contributed by atoms with Crippen LogP contribution in [0.2, 0.25) is 0 Å². The molecule has 24 heavy (non-hydrogen) atoms. The number of carbonyl (C=O) groups excluding carboxylic acids is 1. The molecule has 0 radical (unpaired) electrons. The van der Waals surface area contributed by atoms with Gasteiger partial charge in [-0.1, -0.05) is 17.7 Å². The molecule has 2 aromatic rings. The Kier molecular flexibility index (Phi) is 7.17. The number of furan rings is 1. The van der Waals surface area contributed by atoms with Gasteiger partial charge in [-0.15, -0.1) is 0 Å². The van der Waals surface area contributed by atoms with Gasteiger partial charge in [0, 0.05) is 13.7 Å². The number of hydrogen-bond donors (Lipinski definition) is 1. The van der Waals surface area contributed by atoms with Crippen LogP contribution in [0.5, 0.6) is 5.75 Å². The molecule has 0 aliphatic carbocycles. The lowest BCUT2D eigenvalue weighted by atomic mass is 10.2. The molecule has 0 aliphatic heterocycles. The van der Waals surface area contributed by atoms with Crippen molar-refractivity contribution in [1.82, 2.24) is 10.2 Å². The fourth-order valence-electron chi connectivity index (χ4n) is 2.12. The number of methoxy groups -OCH3 is 1. The number of urea groups is 1. The minimum atomic E-state index is -0.170. The van der Waals surface area contributed by atoms with Crippen LogP contribution in [-0.4, -0.2) is 44.3 Å². The van der Waals surface area contributed by atoms with Gasteiger partial charge < -0.3 is 24.1 Å². The molecule has 0 saturated heterocycles. The predicted molar refractivity (Wildman–Crippen MR) is 91.1 cm³/mol. The number of carbonyl (C=O) groups is 1. The topological polar surface area (TPSA) is 63.9 Å². The van der Waals surface area contributed by atoms with Crippen LogP contribution in [0.15, 0.2) is 47.1 Å². The van der Waals surface area contributed by atoms with E-state index in [0.717, 1.165) is 11.5 Å². The van der Waals surface area contributed by atoms with Gasteiger partial charge in [-0.05, 0) is 31.2 Å². The molecule has 2 rings (SSSR count). The summed E-state index contributed by atoms with van der Waals surface area (Å²) < 4.78 is 16.0. The molecule has 1 aromatic carbocycles. The quantitative estimate of drug-likeness (QED) is 0.717. The second-order valence-electron chi connectivity index (χ2n) is 5.39. The second-order valence-corrected chi connectivity index (χ2v) is 5.39. The first kappa shape index (κ1) is 17.9. The van der Waals surface area contributed by atoms with Crippen LogP contribution in [-0.2, 0) is 11.3 Å². The number of benzene rings is 1. The minimum absolute atomic E-state index is 0.170. The van der Waals surface area contributed by atoms with Crippen molar-refractivity contribution in [3.63, 3.8) is 0 Å². The van der Waals surface area contributed by atoms with E-state index in [1.807, 2.05) is 37.3 Å². The Labute approximate surface area is 142 Å². The standard InChI is InChI=1S/C18H24N2O4/c1-15-5-7-16(8-6-15)24-12-9-19-18(21)20(10-13-22-2)14-17-4-3-11-23-17/h3-8,11H,9-10,12-14H2,1-2H3,(H,19,21). The van der Waals surface area contributed by atoms with Crippen molar-refractivity contribution in [2.24, 2.45) is 0 Å². The van der Waals surface area contributed by atoms with Gasteiger partial charge in [0.15, 0.2) is 0 Å². The van der Waals surface area contributed by atoms with Crippen molar-refractivity contribution in [3.8, 4) is 5.75 Å². The van der Waals surface area contributed by atoms with Gasteiger partial charge in [0.05, 0.1) is 26.0 Å². The SMILES string of the molecule is COCCN(Cc1ccco1)C(=O)NCCOc1ccc(C)cc1. The molecule has 2 amide bonds. The zero-order valence-corrected chi connectivity index (χ0v) is 14.2. The lowest BCUT2D eigenvalue weighted by Gasteiger charge is -2.21. The predicted octanol–water partition coefficient (Wildman–Crippen LogP) is 2.83. The van der Waals surface area contributed by atoms with E-state index >= 15 is 0 Å². The fraction of sp³-hybridized carbons (Fsp3) is 0.389. The maximum absolute atomic E-state index is 12.3. The summed E-state index contributed by atoms with van der Waals surface area (Å²) in [6.45, 7) is 4.22. The van der Waals surface area contributed by atoms with Crippen molar-refractivity contribution in [2.45, 2.75) is 13.5 Å². The number of rotatable bonds is 9. The molecule has 130 valence electrons. The maximum Gasteiger partial charge on any atom is 0.318 e. The van der Waals surface area contributed by atoms with Crippen LogP contribution < -0.4 is 10.1 Å². The number of aryl methyl sites for hydroxylation is 1. The summed E-state index contributed by atoms with van der Waals surface area (Å²) in [7, 11) is 1.61. The molecule has 0 aliphatic rings. The Hall–Kier alpha value is -2.47. The summed E-state index contributed by atoms with van der Waals surface area (Å²) in [4.78, 5) is 13.9. The Morgan fingerprint density at radius 1 is 1.21 bits per heavy atom. The number of nitrogens with zero attached hydrogens (tertiary/aromatic N) is 1. The molecule has 6 nitrogen and oxygen atoms in total. The Morgan fingerprint density at radius 3 is 2.67 bits per heavy atom. The van der Waals surface area contributed by atoms with E-state index in [1.54, 1.807) is 24.3 Å². The van der Waals surface area contributed by atoms with Gasteiger partial charge in [0.1, 0.15) is 18.1 Å². The molecular formula is C18H24N2O4. The van der Waals surface area contributed by atoms with Crippen molar-refractivity contribution in [3.05, 3.63) is 54.0 Å². The summed E-state index contributed by atoms with van der Waals surface area (Å²) in [5.74, 6) is 1.53. The van der Waals surface area contributed by atoms with Crippen LogP contribution in [0.1, 0.15) is 11.3 Å². The zero-order valence-electron chi connectivity index (χ0n) is 14.2. The Balaban J connectivity index is 1.75. The normalized spacial score (nSPS) is 10.4. The smallest absolute Gasteiger partial charge is 0.318 e. The van der Waals surface area contributed by atoms with E-state index in [1.165, 1.54) is 5.56 Å². The van der Waals surface area contributed by atoms with Gasteiger partial charge in [0.2, 0.25) is 0 Å². The third kappa shape index (κ3) is 5.96. The van der Waals surface area contributed by atoms with E-state index in [4.69, 9.17) is 13.9 Å². The monoisotopic (exact) mass is 332 g/mol. The van der Waals surface area contributed by atoms with E-state index in [0.29, 0.717) is 32.8 Å². The van der Waals surface area contributed by atoms with Gasteiger partial charge in [0.25, 0.3) is 0 Å². The van der Waals surface area contributed by atoms with Gasteiger partial charge in [-0.3, -0.25) is 0 Å². The Bertz CT molecular complexity index is 596. The molecule has 1 aromatic heterocycles. The largest absolute Gasteiger partial charge is 0.492 e. The highest BCUT2D eigenvalue weighted by molar-refractivity contribution is 5.74. The third-order valence-electron chi connectivity index (χ3n) is 3.45. The van der Waals surface area contributed by atoms with Crippen LogP contribution in [0.4, 0.5) is 4.79 Å². The highest BCUT2D eigenvalue weighted by atomic mass is 16.5. The molecule has 0 spiro atoms. The maximum atomic E-state index is 12.3. The zero-order chi connectivity index (χ0) is 17.2. The van der Waals surface area contributed by atoms with Crippen molar-refractivity contribution >= 4 is 6.03 Å². The molecule has 1 heterocycles. The highest BCUT2D eigenvalue weighted by Gasteiger charge is 2.14. The fourth-order valence-corrected chi connectivity index (χ4v) is 2.12. The summed E-state index contributed by atoms with van der Waals surface area (Å²) in [5.41, 5.74) is 1.18. The number of nitrogens with one attached hydrogen (secondary N) is 1. The summed E-state index contributed by atoms with van der Waals surface area (Å²) in [6.07, 6.45) is 1.59. The molecule has 1 N–H and O–H groups in total. The summed E-state index contributed by atoms with van der Waals surface area (Å²) in [5, 5.41) is 2.85. The molecule has 0 saturated carbocycles. The lowest BCUT2D eigenvalue weighted by Crippen LogP contribution is -2.42. The number of hydrogen-bond acceptors (Lipinski definition) is 4. The van der Waals surface area contributed by atoms with Gasteiger partial charge >= 0.3 is 6.03 Å². The van der Waals surface area contributed by atoms with Gasteiger partial charge in [-0.2, -0.15) is 0 Å². The summed E-state index contributed by atoms with van der Waals surface area (Å²) in [6, 6.07) is 11.3. The summed E-state index contributed by atoms with van der Waals surface area (Å²) >= 11 is 0. The second kappa shape index (κ2) is 9.62. The van der Waals surface area contributed by atoms with Crippen molar-refractivity contribution in [1.29, 1.82) is 0 Å². The average molecular weight is 332 g/mol. The minimum Gasteiger partial charge on any atom is -0.492 e. The molecule has 0 bridgehead atoms. The van der Waals surface area contributed by atoms with Crippen LogP contribution >= 0.6 is 0 Å². The first-order valence-electron chi connectivity index (χ1n) is 7.92. The van der Waals surface area contributed by atoms with Crippen LogP contribution in [0.25, 0.3) is 0 Å². The van der Waals surface area contributed by atoms with Crippen LogP contribution in [0, 0.1) is 6.92 Å². The third-order valence-corrected chi connectivity index (χ3v) is 3.45. The first-order valence-corrected chi connectivity index (χ1v) is 7.92. The van der Waals surface area contributed by atoms with Crippen LogP contribution in [0.3, 0.4) is 0 Å². The van der Waals surface area contributed by atoms with Crippen molar-refractivity contribution in [2.75, 3.05) is 33.4 Å². The van der Waals surface area contributed by atoms with E-state index in [2.05, 4.69) is 5.32 Å². The molecule has 0 unspecified atom stereocenters. The molecule has 6 heteroatoms. The lowest BCUT2D eigenvalue weighted by molar-refractivity contribution is 0.142. The highest BCUT2D eigenvalue weighted by Crippen LogP contribution is 2.11.